The summed E-state index contributed by atoms with van der Waals surface area (Å²) in [6.45, 7) is 3.95. The number of hydrogen-bond donors (Lipinski definition) is 1. The first-order chi connectivity index (χ1) is 8.84. The van der Waals surface area contributed by atoms with E-state index in [9.17, 15) is 18.0 Å². The van der Waals surface area contributed by atoms with Crippen LogP contribution >= 0.6 is 0 Å². The Morgan fingerprint density at radius 2 is 1.84 bits per heavy atom. The van der Waals surface area contributed by atoms with Gasteiger partial charge in [0.25, 0.3) is 0 Å². The Hall–Kier alpha value is -0.780. The molecule has 19 heavy (non-hydrogen) atoms. The molecule has 1 N–H and O–H groups in total. The Balaban J connectivity index is 2.84. The molecule has 0 bridgehead atoms. The molecule has 1 fully saturated rings. The van der Waals surface area contributed by atoms with Crippen molar-refractivity contribution in [1.29, 1.82) is 0 Å². The fraction of sp³-hybridized carbons (Fsp3) is 0.923. The first-order valence-electron chi connectivity index (χ1n) is 6.91. The van der Waals surface area contributed by atoms with Gasteiger partial charge in [-0.05, 0) is 39.3 Å². The van der Waals surface area contributed by atoms with Crippen LogP contribution in [0.15, 0.2) is 0 Å². The highest BCUT2D eigenvalue weighted by Crippen LogP contribution is 2.36. The van der Waals surface area contributed by atoms with Crippen molar-refractivity contribution < 1.29 is 18.0 Å². The third-order valence-corrected chi connectivity index (χ3v) is 3.78. The fourth-order valence-corrected chi connectivity index (χ4v) is 2.83. The lowest BCUT2D eigenvalue weighted by Crippen LogP contribution is -2.51. The third kappa shape index (κ3) is 4.37. The first-order valence-corrected chi connectivity index (χ1v) is 6.91. The van der Waals surface area contributed by atoms with Gasteiger partial charge in [0.2, 0.25) is 5.91 Å². The number of carbonyl (C=O) groups is 1. The molecule has 0 radical (unpaired) electrons. The lowest BCUT2D eigenvalue weighted by Gasteiger charge is -2.40. The number of amides is 1. The second-order valence-electron chi connectivity index (χ2n) is 5.21. The molecule has 112 valence electrons. The van der Waals surface area contributed by atoms with E-state index in [0.29, 0.717) is 32.4 Å². The summed E-state index contributed by atoms with van der Waals surface area (Å²) in [5.74, 6) is -0.323. The Kier molecular flexibility index (Phi) is 5.64. The monoisotopic (exact) mass is 280 g/mol. The van der Waals surface area contributed by atoms with Crippen LogP contribution in [0.5, 0.6) is 0 Å². The number of hydrogen-bond acceptors (Lipinski definition) is 2. The number of halogens is 3. The summed E-state index contributed by atoms with van der Waals surface area (Å²) in [5, 5.41) is 3.17. The second-order valence-corrected chi connectivity index (χ2v) is 5.21. The lowest BCUT2D eigenvalue weighted by atomic mass is 9.74. The molecular weight excluding hydrogens is 257 g/mol. The second kappa shape index (κ2) is 6.59. The van der Waals surface area contributed by atoms with E-state index >= 15 is 0 Å². The van der Waals surface area contributed by atoms with Gasteiger partial charge >= 0.3 is 6.18 Å². The van der Waals surface area contributed by atoms with Crippen LogP contribution in [0.3, 0.4) is 0 Å². The van der Waals surface area contributed by atoms with Crippen LogP contribution < -0.4 is 5.32 Å². The first kappa shape index (κ1) is 16.3. The van der Waals surface area contributed by atoms with Gasteiger partial charge in [-0.25, -0.2) is 0 Å². The number of nitrogens with zero attached hydrogens (tertiary/aromatic N) is 1. The van der Waals surface area contributed by atoms with Gasteiger partial charge in [0.05, 0.1) is 5.41 Å². The van der Waals surface area contributed by atoms with Crippen molar-refractivity contribution in [2.45, 2.75) is 45.7 Å². The molecule has 0 aromatic rings. The summed E-state index contributed by atoms with van der Waals surface area (Å²) in [5.41, 5.74) is -0.596. The number of alkyl halides is 3. The van der Waals surface area contributed by atoms with Gasteiger partial charge in [-0.1, -0.05) is 13.3 Å². The number of rotatable bonds is 5. The zero-order valence-electron chi connectivity index (χ0n) is 11.6. The molecule has 1 rings (SSSR count). The van der Waals surface area contributed by atoms with E-state index in [0.717, 1.165) is 11.3 Å². The van der Waals surface area contributed by atoms with Crippen LogP contribution in [0.1, 0.15) is 39.5 Å². The summed E-state index contributed by atoms with van der Waals surface area (Å²) in [7, 11) is 0. The van der Waals surface area contributed by atoms with Gasteiger partial charge in [-0.15, -0.1) is 0 Å². The van der Waals surface area contributed by atoms with Crippen molar-refractivity contribution in [2.75, 3.05) is 26.2 Å². The zero-order chi connectivity index (χ0) is 14.5. The molecule has 0 aromatic heterocycles. The molecule has 0 unspecified atom stereocenters. The number of nitrogens with one attached hydrogen (secondary N) is 1. The highest BCUT2D eigenvalue weighted by Gasteiger charge is 2.43. The van der Waals surface area contributed by atoms with E-state index in [4.69, 9.17) is 0 Å². The molecule has 6 heteroatoms. The molecule has 1 saturated heterocycles. The van der Waals surface area contributed by atoms with Gasteiger partial charge in [0, 0.05) is 6.54 Å². The summed E-state index contributed by atoms with van der Waals surface area (Å²) in [6.07, 6.45) is -1.58. The standard InChI is InChI=1S/C13H23F3N2O/c1-3-5-12(6-8-17-9-7-12)11(19)18(4-2)10-13(14,15)16/h17H,3-10H2,1-2H3. The van der Waals surface area contributed by atoms with Crippen molar-refractivity contribution in [3.05, 3.63) is 0 Å². The topological polar surface area (TPSA) is 32.3 Å². The van der Waals surface area contributed by atoms with Crippen LogP contribution in [0, 0.1) is 5.41 Å². The van der Waals surface area contributed by atoms with Crippen molar-refractivity contribution in [2.24, 2.45) is 5.41 Å². The number of piperidine rings is 1. The predicted molar refractivity (Wildman–Crippen MR) is 67.8 cm³/mol. The zero-order valence-corrected chi connectivity index (χ0v) is 11.6. The van der Waals surface area contributed by atoms with Crippen LogP contribution in [0.4, 0.5) is 13.2 Å². The largest absolute Gasteiger partial charge is 0.406 e. The fourth-order valence-electron chi connectivity index (χ4n) is 2.83. The van der Waals surface area contributed by atoms with E-state index in [2.05, 4.69) is 5.32 Å². The van der Waals surface area contributed by atoms with Crippen molar-refractivity contribution in [3.8, 4) is 0 Å². The molecule has 1 amide bonds. The van der Waals surface area contributed by atoms with Crippen LogP contribution in [-0.4, -0.2) is 43.2 Å². The minimum atomic E-state index is -4.33. The Morgan fingerprint density at radius 1 is 1.26 bits per heavy atom. The normalized spacial score (nSPS) is 19.2. The third-order valence-electron chi connectivity index (χ3n) is 3.78. The molecule has 0 atom stereocenters. The van der Waals surface area contributed by atoms with Gasteiger partial charge in [0.1, 0.15) is 6.54 Å². The predicted octanol–water partition coefficient (Wildman–Crippen LogP) is 2.57. The van der Waals surface area contributed by atoms with Crippen LogP contribution in [0.25, 0.3) is 0 Å². The molecule has 0 aliphatic carbocycles. The van der Waals surface area contributed by atoms with Gasteiger partial charge in [-0.2, -0.15) is 13.2 Å². The average molecular weight is 280 g/mol. The number of carbonyl (C=O) groups excluding carboxylic acids is 1. The maximum atomic E-state index is 12.5. The highest BCUT2D eigenvalue weighted by molar-refractivity contribution is 5.83. The minimum Gasteiger partial charge on any atom is -0.333 e. The van der Waals surface area contributed by atoms with Crippen LogP contribution in [-0.2, 0) is 4.79 Å². The summed E-state index contributed by atoms with van der Waals surface area (Å²) in [4.78, 5) is 13.5. The maximum Gasteiger partial charge on any atom is 0.406 e. The van der Waals surface area contributed by atoms with Crippen molar-refractivity contribution in [1.82, 2.24) is 10.2 Å². The van der Waals surface area contributed by atoms with Gasteiger partial charge in [-0.3, -0.25) is 4.79 Å². The Labute approximate surface area is 112 Å². The molecule has 3 nitrogen and oxygen atoms in total. The van der Waals surface area contributed by atoms with E-state index < -0.39 is 18.1 Å². The molecule has 0 aromatic carbocycles. The average Bonchev–Trinajstić information content (AvgIpc) is 2.35. The summed E-state index contributed by atoms with van der Waals surface area (Å²) < 4.78 is 37.6. The van der Waals surface area contributed by atoms with Crippen LogP contribution in [0.2, 0.25) is 0 Å². The van der Waals surface area contributed by atoms with E-state index in [1.807, 2.05) is 6.92 Å². The smallest absolute Gasteiger partial charge is 0.333 e. The molecular formula is C13H23F3N2O. The van der Waals surface area contributed by atoms with E-state index in [1.54, 1.807) is 6.92 Å². The Bertz CT molecular complexity index is 293. The summed E-state index contributed by atoms with van der Waals surface area (Å²) >= 11 is 0. The van der Waals surface area contributed by atoms with E-state index in [-0.39, 0.29) is 12.5 Å². The summed E-state index contributed by atoms with van der Waals surface area (Å²) in [6, 6.07) is 0. The molecule has 1 aliphatic heterocycles. The quantitative estimate of drug-likeness (QED) is 0.839. The van der Waals surface area contributed by atoms with Crippen molar-refractivity contribution in [3.63, 3.8) is 0 Å². The lowest BCUT2D eigenvalue weighted by molar-refractivity contribution is -0.169. The van der Waals surface area contributed by atoms with Gasteiger partial charge < -0.3 is 10.2 Å². The van der Waals surface area contributed by atoms with Crippen molar-refractivity contribution >= 4 is 5.91 Å². The molecule has 0 saturated carbocycles. The molecule has 1 heterocycles. The van der Waals surface area contributed by atoms with Gasteiger partial charge in [0.15, 0.2) is 0 Å². The van der Waals surface area contributed by atoms with E-state index in [1.165, 1.54) is 0 Å². The Morgan fingerprint density at radius 3 is 2.26 bits per heavy atom. The molecule has 0 spiro atoms. The SMILES string of the molecule is CCCC1(C(=O)N(CC)CC(F)(F)F)CCNCC1. The minimum absolute atomic E-state index is 0.108. The molecule has 1 aliphatic rings. The maximum absolute atomic E-state index is 12.5. The highest BCUT2D eigenvalue weighted by atomic mass is 19.4.